The number of benzene rings is 2. The Morgan fingerprint density at radius 3 is 2.41 bits per heavy atom. The van der Waals surface area contributed by atoms with Crippen molar-refractivity contribution in [1.82, 2.24) is 9.21 Å². The van der Waals surface area contributed by atoms with E-state index < -0.39 is 40.1 Å². The zero-order valence-electron chi connectivity index (χ0n) is 21.7. The van der Waals surface area contributed by atoms with Crippen LogP contribution in [0.15, 0.2) is 53.4 Å². The third-order valence-corrected chi connectivity index (χ3v) is 7.96. The maximum Gasteiger partial charge on any atom is 0.414 e. The highest BCUT2D eigenvalue weighted by molar-refractivity contribution is 7.89. The monoisotopic (exact) mass is 531 g/mol. The van der Waals surface area contributed by atoms with Gasteiger partial charge in [-0.2, -0.15) is 4.31 Å². The van der Waals surface area contributed by atoms with Gasteiger partial charge in [-0.3, -0.25) is 9.69 Å². The van der Waals surface area contributed by atoms with Crippen LogP contribution in [-0.2, 0) is 24.3 Å². The van der Waals surface area contributed by atoms with E-state index in [1.807, 2.05) is 6.92 Å². The first kappa shape index (κ1) is 28.1. The maximum absolute atomic E-state index is 14.0. The van der Waals surface area contributed by atoms with Gasteiger partial charge in [0.25, 0.3) is 0 Å². The lowest BCUT2D eigenvalue weighted by Crippen LogP contribution is -2.53. The summed E-state index contributed by atoms with van der Waals surface area (Å²) >= 11 is 0. The summed E-state index contributed by atoms with van der Waals surface area (Å²) in [6.07, 6.45) is 0.175. The van der Waals surface area contributed by atoms with E-state index in [0.29, 0.717) is 12.8 Å². The number of carbonyl (C=O) groups is 3. The standard InChI is InChI=1S/C26H33N3O7S/c1-6-35-25(31)19(3)29(20-9-7-10-21(17-20)36-26(32)27(4)5)24(30)23-11-8-16-28(23)37(33,34)22-14-12-18(2)13-15-22/h7,9-10,12-15,17,19,23H,6,8,11,16H2,1-5H3/t19-,23-/m0/s1. The second-order valence-corrected chi connectivity index (χ2v) is 10.9. The summed E-state index contributed by atoms with van der Waals surface area (Å²) in [6.45, 7) is 5.32. The number of esters is 1. The minimum absolute atomic E-state index is 0.0976. The average molecular weight is 532 g/mol. The molecule has 1 heterocycles. The summed E-state index contributed by atoms with van der Waals surface area (Å²) in [5.74, 6) is -1.04. The van der Waals surface area contributed by atoms with Gasteiger partial charge in [0, 0.05) is 32.4 Å². The predicted octanol–water partition coefficient (Wildman–Crippen LogP) is 3.19. The molecule has 1 fully saturated rings. The van der Waals surface area contributed by atoms with Gasteiger partial charge in [0.1, 0.15) is 17.8 Å². The fraction of sp³-hybridized carbons (Fsp3) is 0.423. The molecular formula is C26H33N3O7S. The lowest BCUT2D eigenvalue weighted by atomic mass is 10.1. The lowest BCUT2D eigenvalue weighted by molar-refractivity contribution is -0.145. The fourth-order valence-electron chi connectivity index (χ4n) is 4.08. The Balaban J connectivity index is 2.00. The van der Waals surface area contributed by atoms with E-state index in [9.17, 15) is 22.8 Å². The van der Waals surface area contributed by atoms with Crippen LogP contribution >= 0.6 is 0 Å². The van der Waals surface area contributed by atoms with E-state index in [2.05, 4.69) is 0 Å². The first-order chi connectivity index (χ1) is 17.5. The van der Waals surface area contributed by atoms with Crippen molar-refractivity contribution in [3.05, 3.63) is 54.1 Å². The number of hydrogen-bond acceptors (Lipinski definition) is 7. The van der Waals surface area contributed by atoms with Crippen molar-refractivity contribution >= 4 is 33.7 Å². The number of hydrogen-bond donors (Lipinski definition) is 0. The Hall–Kier alpha value is -3.44. The van der Waals surface area contributed by atoms with Crippen LogP contribution in [0.1, 0.15) is 32.3 Å². The van der Waals surface area contributed by atoms with Crippen molar-refractivity contribution in [3.8, 4) is 5.75 Å². The Labute approximate surface area is 217 Å². The normalized spacial score (nSPS) is 16.6. The molecule has 0 saturated carbocycles. The van der Waals surface area contributed by atoms with Gasteiger partial charge in [-0.1, -0.05) is 23.8 Å². The smallest absolute Gasteiger partial charge is 0.414 e. The number of aryl methyl sites for hydroxylation is 1. The molecule has 1 aliphatic heterocycles. The topological polar surface area (TPSA) is 114 Å². The molecule has 2 amide bonds. The summed E-state index contributed by atoms with van der Waals surface area (Å²) in [5.41, 5.74) is 1.19. The molecule has 10 nitrogen and oxygen atoms in total. The van der Waals surface area contributed by atoms with E-state index in [0.717, 1.165) is 5.56 Å². The van der Waals surface area contributed by atoms with Crippen LogP contribution in [0.2, 0.25) is 0 Å². The van der Waals surface area contributed by atoms with Crippen LogP contribution in [0, 0.1) is 6.92 Å². The van der Waals surface area contributed by atoms with Gasteiger partial charge < -0.3 is 14.4 Å². The molecule has 2 aromatic carbocycles. The highest BCUT2D eigenvalue weighted by Gasteiger charge is 2.43. The van der Waals surface area contributed by atoms with E-state index in [4.69, 9.17) is 9.47 Å². The highest BCUT2D eigenvalue weighted by Crippen LogP contribution is 2.31. The highest BCUT2D eigenvalue weighted by atomic mass is 32.2. The third kappa shape index (κ3) is 6.28. The van der Waals surface area contributed by atoms with Gasteiger partial charge in [-0.05, 0) is 57.9 Å². The Kier molecular flexibility index (Phi) is 8.93. The maximum atomic E-state index is 14.0. The average Bonchev–Trinajstić information content (AvgIpc) is 3.36. The number of anilines is 1. The molecule has 1 saturated heterocycles. The number of rotatable bonds is 8. The molecule has 0 bridgehead atoms. The van der Waals surface area contributed by atoms with E-state index >= 15 is 0 Å². The van der Waals surface area contributed by atoms with Crippen LogP contribution in [0.3, 0.4) is 0 Å². The second-order valence-electron chi connectivity index (χ2n) is 8.98. The quantitative estimate of drug-likeness (QED) is 0.481. The first-order valence-electron chi connectivity index (χ1n) is 12.0. The molecule has 11 heteroatoms. The molecule has 0 N–H and O–H groups in total. The number of amides is 2. The third-order valence-electron chi connectivity index (χ3n) is 6.03. The minimum Gasteiger partial charge on any atom is -0.464 e. The van der Waals surface area contributed by atoms with Crippen molar-refractivity contribution in [2.24, 2.45) is 0 Å². The fourth-order valence-corrected chi connectivity index (χ4v) is 5.73. The Morgan fingerprint density at radius 1 is 1.11 bits per heavy atom. The van der Waals surface area contributed by atoms with Crippen LogP contribution in [0.4, 0.5) is 10.5 Å². The summed E-state index contributed by atoms with van der Waals surface area (Å²) in [4.78, 5) is 41.3. The van der Waals surface area contributed by atoms with Gasteiger partial charge in [0.05, 0.1) is 11.5 Å². The van der Waals surface area contributed by atoms with E-state index in [-0.39, 0.29) is 29.5 Å². The van der Waals surface area contributed by atoms with Crippen LogP contribution in [-0.4, -0.2) is 74.9 Å². The SMILES string of the molecule is CCOC(=O)[C@H](C)N(C(=O)[C@@H]1CCCN1S(=O)(=O)c1ccc(C)cc1)c1cccc(OC(=O)N(C)C)c1. The molecule has 2 atom stereocenters. The minimum atomic E-state index is -3.96. The summed E-state index contributed by atoms with van der Waals surface area (Å²) < 4.78 is 38.6. The number of sulfonamides is 1. The van der Waals surface area contributed by atoms with Gasteiger partial charge in [-0.25, -0.2) is 18.0 Å². The first-order valence-corrected chi connectivity index (χ1v) is 13.5. The molecule has 1 aliphatic rings. The predicted molar refractivity (Wildman–Crippen MR) is 138 cm³/mol. The molecular weight excluding hydrogens is 498 g/mol. The number of carbonyl (C=O) groups excluding carboxylic acids is 3. The van der Waals surface area contributed by atoms with Gasteiger partial charge in [-0.15, -0.1) is 0 Å². The summed E-state index contributed by atoms with van der Waals surface area (Å²) in [5, 5.41) is 0. The second kappa shape index (κ2) is 11.7. The summed E-state index contributed by atoms with van der Waals surface area (Å²) in [7, 11) is -0.889. The largest absolute Gasteiger partial charge is 0.464 e. The Bertz CT molecular complexity index is 1250. The van der Waals surface area contributed by atoms with Gasteiger partial charge in [0.15, 0.2) is 0 Å². The van der Waals surface area contributed by atoms with Crippen LogP contribution in [0.25, 0.3) is 0 Å². The zero-order chi connectivity index (χ0) is 27.3. The van der Waals surface area contributed by atoms with Crippen molar-refractivity contribution < 1.29 is 32.3 Å². The lowest BCUT2D eigenvalue weighted by Gasteiger charge is -2.33. The van der Waals surface area contributed by atoms with Gasteiger partial charge in [0.2, 0.25) is 15.9 Å². The number of ether oxygens (including phenoxy) is 2. The number of nitrogens with zero attached hydrogens (tertiary/aromatic N) is 3. The summed E-state index contributed by atoms with van der Waals surface area (Å²) in [6, 6.07) is 10.6. The van der Waals surface area contributed by atoms with Crippen molar-refractivity contribution in [1.29, 1.82) is 0 Å². The molecule has 2 aromatic rings. The van der Waals surface area contributed by atoms with Gasteiger partial charge >= 0.3 is 12.1 Å². The van der Waals surface area contributed by atoms with E-state index in [1.165, 1.54) is 53.3 Å². The molecule has 0 radical (unpaired) electrons. The molecule has 0 spiro atoms. The van der Waals surface area contributed by atoms with Crippen LogP contribution < -0.4 is 9.64 Å². The van der Waals surface area contributed by atoms with Crippen LogP contribution in [0.5, 0.6) is 5.75 Å². The molecule has 3 rings (SSSR count). The molecule has 200 valence electrons. The van der Waals surface area contributed by atoms with Crippen molar-refractivity contribution in [3.63, 3.8) is 0 Å². The molecule has 0 aliphatic carbocycles. The molecule has 0 aromatic heterocycles. The molecule has 0 unspecified atom stereocenters. The van der Waals surface area contributed by atoms with Crippen molar-refractivity contribution in [2.75, 3.05) is 32.1 Å². The molecule has 37 heavy (non-hydrogen) atoms. The zero-order valence-corrected chi connectivity index (χ0v) is 22.5. The Morgan fingerprint density at radius 2 is 1.78 bits per heavy atom. The van der Waals surface area contributed by atoms with E-state index in [1.54, 1.807) is 37.3 Å². The van der Waals surface area contributed by atoms with Crippen molar-refractivity contribution in [2.45, 2.75) is 50.6 Å².